The summed E-state index contributed by atoms with van der Waals surface area (Å²) in [5.41, 5.74) is 0.622. The van der Waals surface area contributed by atoms with Gasteiger partial charge in [0.25, 0.3) is 5.91 Å². The van der Waals surface area contributed by atoms with Crippen molar-refractivity contribution in [2.45, 2.75) is 6.42 Å². The zero-order valence-corrected chi connectivity index (χ0v) is 14.9. The van der Waals surface area contributed by atoms with Gasteiger partial charge in [0.15, 0.2) is 0 Å². The summed E-state index contributed by atoms with van der Waals surface area (Å²) in [7, 11) is 1.72. The average Bonchev–Trinajstić information content (AvgIpc) is 3.11. The second kappa shape index (κ2) is 9.30. The Morgan fingerprint density at radius 3 is 2.67 bits per heavy atom. The third-order valence-electron chi connectivity index (χ3n) is 3.34. The van der Waals surface area contributed by atoms with Crippen molar-refractivity contribution < 1.29 is 14.3 Å². The highest BCUT2D eigenvalue weighted by molar-refractivity contribution is 7.08. The third kappa shape index (κ3) is 5.86. The van der Waals surface area contributed by atoms with Crippen LogP contribution in [0.5, 0.6) is 5.75 Å². The highest BCUT2D eigenvalue weighted by Gasteiger charge is 2.10. The number of nitrogens with one attached hydrogen (secondary N) is 1. The van der Waals surface area contributed by atoms with Gasteiger partial charge in [0, 0.05) is 36.0 Å². The summed E-state index contributed by atoms with van der Waals surface area (Å²) in [5, 5.41) is 7.00. The van der Waals surface area contributed by atoms with Gasteiger partial charge in [-0.25, -0.2) is 0 Å². The molecule has 7 heteroatoms. The van der Waals surface area contributed by atoms with Crippen molar-refractivity contribution in [1.29, 1.82) is 0 Å². The lowest BCUT2D eigenvalue weighted by Crippen LogP contribution is -2.34. The normalized spacial score (nSPS) is 10.2. The molecular formula is C17H19ClN2O3S. The molecule has 1 heterocycles. The van der Waals surface area contributed by atoms with Crippen LogP contribution in [0, 0.1) is 0 Å². The van der Waals surface area contributed by atoms with Crippen molar-refractivity contribution >= 4 is 34.8 Å². The molecule has 2 amide bonds. The van der Waals surface area contributed by atoms with Crippen LogP contribution in [0.25, 0.3) is 0 Å². The van der Waals surface area contributed by atoms with Gasteiger partial charge in [-0.1, -0.05) is 11.6 Å². The molecule has 2 rings (SSSR count). The molecule has 0 bridgehead atoms. The number of amides is 2. The minimum absolute atomic E-state index is 0.0414. The number of carbonyl (C=O) groups is 2. The Labute approximate surface area is 150 Å². The molecule has 0 aliphatic heterocycles. The quantitative estimate of drug-likeness (QED) is 0.781. The maximum atomic E-state index is 12.0. The molecule has 1 aromatic carbocycles. The first-order chi connectivity index (χ1) is 11.6. The van der Waals surface area contributed by atoms with Crippen LogP contribution < -0.4 is 10.1 Å². The number of hydrogen-bond donors (Lipinski definition) is 1. The number of likely N-dealkylation sites (N-methyl/N-ethyl adjacent to an activating group) is 1. The van der Waals surface area contributed by atoms with Crippen LogP contribution >= 0.6 is 22.9 Å². The average molecular weight is 367 g/mol. The van der Waals surface area contributed by atoms with E-state index in [1.165, 1.54) is 11.3 Å². The van der Waals surface area contributed by atoms with E-state index in [-0.39, 0.29) is 18.2 Å². The predicted molar refractivity (Wildman–Crippen MR) is 95.9 cm³/mol. The summed E-state index contributed by atoms with van der Waals surface area (Å²) in [5.74, 6) is 0.515. The monoisotopic (exact) mass is 366 g/mol. The molecule has 1 N–H and O–H groups in total. The molecule has 0 aliphatic carbocycles. The molecule has 0 saturated carbocycles. The predicted octanol–water partition coefficient (Wildman–Crippen LogP) is 3.06. The van der Waals surface area contributed by atoms with Crippen LogP contribution in [0.2, 0.25) is 5.02 Å². The van der Waals surface area contributed by atoms with Gasteiger partial charge in [-0.3, -0.25) is 9.59 Å². The number of halogens is 1. The summed E-state index contributed by atoms with van der Waals surface area (Å²) in [6.07, 6.45) is 0.257. The number of rotatable bonds is 8. The van der Waals surface area contributed by atoms with Gasteiger partial charge in [0.2, 0.25) is 5.91 Å². The van der Waals surface area contributed by atoms with E-state index in [2.05, 4.69) is 5.32 Å². The molecule has 2 aromatic rings. The zero-order chi connectivity index (χ0) is 17.4. The molecule has 0 atom stereocenters. The Hall–Kier alpha value is -2.05. The fourth-order valence-corrected chi connectivity index (χ4v) is 2.69. The van der Waals surface area contributed by atoms with Gasteiger partial charge in [0.05, 0.1) is 6.54 Å². The Morgan fingerprint density at radius 1 is 1.25 bits per heavy atom. The molecular weight excluding hydrogens is 348 g/mol. The van der Waals surface area contributed by atoms with Gasteiger partial charge in [0.1, 0.15) is 12.4 Å². The molecule has 128 valence electrons. The van der Waals surface area contributed by atoms with Crippen LogP contribution in [0.3, 0.4) is 0 Å². The molecule has 0 unspecified atom stereocenters. The van der Waals surface area contributed by atoms with Crippen molar-refractivity contribution in [2.24, 2.45) is 0 Å². The Balaban J connectivity index is 1.63. The van der Waals surface area contributed by atoms with E-state index in [0.717, 1.165) is 0 Å². The largest absolute Gasteiger partial charge is 0.492 e. The first kappa shape index (κ1) is 18.3. The van der Waals surface area contributed by atoms with Crippen LogP contribution in [0.1, 0.15) is 16.8 Å². The molecule has 0 aliphatic rings. The summed E-state index contributed by atoms with van der Waals surface area (Å²) in [6, 6.07) is 8.82. The topological polar surface area (TPSA) is 58.6 Å². The summed E-state index contributed by atoms with van der Waals surface area (Å²) >= 11 is 7.27. The third-order valence-corrected chi connectivity index (χ3v) is 4.28. The molecule has 0 saturated heterocycles. The maximum Gasteiger partial charge on any atom is 0.252 e. The molecule has 5 nitrogen and oxygen atoms in total. The Kier molecular flexibility index (Phi) is 7.08. The number of carbonyl (C=O) groups excluding carboxylic acids is 2. The zero-order valence-electron chi connectivity index (χ0n) is 13.3. The lowest BCUT2D eigenvalue weighted by atomic mass is 10.3. The van der Waals surface area contributed by atoms with Gasteiger partial charge in [-0.15, -0.1) is 0 Å². The highest BCUT2D eigenvalue weighted by Crippen LogP contribution is 2.15. The van der Waals surface area contributed by atoms with Crippen molar-refractivity contribution in [1.82, 2.24) is 10.2 Å². The van der Waals surface area contributed by atoms with Crippen LogP contribution in [-0.2, 0) is 4.79 Å². The molecule has 1 aromatic heterocycles. The van der Waals surface area contributed by atoms with E-state index in [1.54, 1.807) is 47.7 Å². The molecule has 24 heavy (non-hydrogen) atoms. The second-order valence-electron chi connectivity index (χ2n) is 5.14. The Bertz CT molecular complexity index is 659. The fourth-order valence-electron chi connectivity index (χ4n) is 1.93. The van der Waals surface area contributed by atoms with E-state index < -0.39 is 0 Å². The number of benzene rings is 1. The lowest BCUT2D eigenvalue weighted by Gasteiger charge is -2.17. The fraction of sp³-hybridized carbons (Fsp3) is 0.294. The summed E-state index contributed by atoms with van der Waals surface area (Å²) in [4.78, 5) is 25.3. The minimum Gasteiger partial charge on any atom is -0.492 e. The van der Waals surface area contributed by atoms with Gasteiger partial charge in [-0.2, -0.15) is 11.3 Å². The summed E-state index contributed by atoms with van der Waals surface area (Å²) < 4.78 is 5.55. The number of hydrogen-bond acceptors (Lipinski definition) is 4. The standard InChI is InChI=1S/C17H19ClN2O3S/c1-20(9-10-23-15-4-2-14(18)3-5-15)16(21)6-8-19-17(22)13-7-11-24-12-13/h2-5,7,11-12H,6,8-10H2,1H3,(H,19,22). The highest BCUT2D eigenvalue weighted by atomic mass is 35.5. The Morgan fingerprint density at radius 2 is 2.00 bits per heavy atom. The minimum atomic E-state index is -0.155. The first-order valence-corrected chi connectivity index (χ1v) is 8.81. The van der Waals surface area contributed by atoms with Crippen molar-refractivity contribution in [3.63, 3.8) is 0 Å². The lowest BCUT2D eigenvalue weighted by molar-refractivity contribution is -0.130. The van der Waals surface area contributed by atoms with E-state index in [1.807, 2.05) is 5.38 Å². The van der Waals surface area contributed by atoms with Crippen LogP contribution in [-0.4, -0.2) is 43.5 Å². The van der Waals surface area contributed by atoms with Crippen molar-refractivity contribution in [3.05, 3.63) is 51.7 Å². The van der Waals surface area contributed by atoms with Gasteiger partial charge >= 0.3 is 0 Å². The number of ether oxygens (including phenoxy) is 1. The van der Waals surface area contributed by atoms with Gasteiger partial charge in [-0.05, 0) is 35.7 Å². The van der Waals surface area contributed by atoms with Crippen molar-refractivity contribution in [3.8, 4) is 5.75 Å². The SMILES string of the molecule is CN(CCOc1ccc(Cl)cc1)C(=O)CCNC(=O)c1ccsc1. The van der Waals surface area contributed by atoms with E-state index in [9.17, 15) is 9.59 Å². The van der Waals surface area contributed by atoms with E-state index >= 15 is 0 Å². The molecule has 0 spiro atoms. The summed E-state index contributed by atoms with van der Waals surface area (Å²) in [6.45, 7) is 1.18. The van der Waals surface area contributed by atoms with E-state index in [4.69, 9.17) is 16.3 Å². The van der Waals surface area contributed by atoms with Gasteiger partial charge < -0.3 is 15.0 Å². The van der Waals surface area contributed by atoms with Crippen LogP contribution in [0.4, 0.5) is 0 Å². The second-order valence-corrected chi connectivity index (χ2v) is 6.35. The number of nitrogens with zero attached hydrogens (tertiary/aromatic N) is 1. The van der Waals surface area contributed by atoms with Crippen molar-refractivity contribution in [2.75, 3.05) is 26.7 Å². The first-order valence-electron chi connectivity index (χ1n) is 7.49. The number of thiophene rings is 1. The maximum absolute atomic E-state index is 12.0. The smallest absolute Gasteiger partial charge is 0.252 e. The van der Waals surface area contributed by atoms with E-state index in [0.29, 0.717) is 36.0 Å². The molecule has 0 fully saturated rings. The molecule has 0 radical (unpaired) electrons. The van der Waals surface area contributed by atoms with Crippen LogP contribution in [0.15, 0.2) is 41.1 Å².